The summed E-state index contributed by atoms with van der Waals surface area (Å²) < 4.78 is 0. The summed E-state index contributed by atoms with van der Waals surface area (Å²) in [6.07, 6.45) is 5.67. The summed E-state index contributed by atoms with van der Waals surface area (Å²) in [7, 11) is 0. The van der Waals surface area contributed by atoms with Gasteiger partial charge in [0.2, 0.25) is 0 Å². The number of aryl methyl sites for hydroxylation is 1. The number of hydrogen-bond acceptors (Lipinski definition) is 5. The van der Waals surface area contributed by atoms with Crippen molar-refractivity contribution < 1.29 is 0 Å². The molecule has 3 atom stereocenters. The molecule has 0 unspecified atom stereocenters. The van der Waals surface area contributed by atoms with E-state index in [0.29, 0.717) is 6.04 Å². The molecule has 3 aliphatic rings. The van der Waals surface area contributed by atoms with Gasteiger partial charge in [-0.2, -0.15) is 0 Å². The first-order chi connectivity index (χ1) is 13.8. The summed E-state index contributed by atoms with van der Waals surface area (Å²) in [5, 5.41) is 1.20. The van der Waals surface area contributed by atoms with Gasteiger partial charge in [-0.3, -0.25) is 9.98 Å². The van der Waals surface area contributed by atoms with Crippen LogP contribution in [0, 0.1) is 6.92 Å². The maximum absolute atomic E-state index is 5.15. The minimum atomic E-state index is 0.0781. The van der Waals surface area contributed by atoms with Crippen molar-refractivity contribution in [1.82, 2.24) is 9.88 Å². The molecule has 146 valence electrons. The number of rotatable bonds is 4. The van der Waals surface area contributed by atoms with Gasteiger partial charge >= 0.3 is 0 Å². The molecule has 2 saturated heterocycles. The first-order valence-corrected chi connectivity index (χ1v) is 11.5. The second-order valence-corrected chi connectivity index (χ2v) is 9.06. The van der Waals surface area contributed by atoms with Gasteiger partial charge in [-0.1, -0.05) is 30.8 Å². The molecule has 3 aliphatic heterocycles. The smallest absolute Gasteiger partial charge is 0.160 e. The van der Waals surface area contributed by atoms with Crippen LogP contribution in [0.2, 0.25) is 0 Å². The average molecular weight is 393 g/mol. The lowest BCUT2D eigenvalue weighted by Crippen LogP contribution is -2.35. The Bertz CT molecular complexity index is 875. The van der Waals surface area contributed by atoms with Gasteiger partial charge in [-0.25, -0.2) is 0 Å². The van der Waals surface area contributed by atoms with Crippen molar-refractivity contribution in [3.63, 3.8) is 0 Å². The molecule has 4 heterocycles. The third kappa shape index (κ3) is 3.00. The fraction of sp³-hybridized carbons (Fsp3) is 0.478. The number of aromatic nitrogens is 1. The molecule has 1 aromatic carbocycles. The van der Waals surface area contributed by atoms with Crippen molar-refractivity contribution in [3.8, 4) is 0 Å². The Labute approximate surface area is 172 Å². The molecule has 2 aromatic rings. The van der Waals surface area contributed by atoms with Crippen LogP contribution in [0.5, 0.6) is 0 Å². The van der Waals surface area contributed by atoms with Crippen LogP contribution < -0.4 is 4.90 Å². The number of pyridine rings is 1. The lowest BCUT2D eigenvalue weighted by molar-refractivity contribution is 0.254. The van der Waals surface area contributed by atoms with E-state index < -0.39 is 0 Å². The van der Waals surface area contributed by atoms with Crippen molar-refractivity contribution in [1.29, 1.82) is 0 Å². The second-order valence-electron chi connectivity index (χ2n) is 8.07. The minimum absolute atomic E-state index is 0.0781. The number of benzene rings is 1. The van der Waals surface area contributed by atoms with Crippen LogP contribution in [0.4, 0.5) is 5.69 Å². The van der Waals surface area contributed by atoms with Crippen LogP contribution >= 0.6 is 11.8 Å². The Morgan fingerprint density at radius 2 is 2.00 bits per heavy atom. The highest BCUT2D eigenvalue weighted by Crippen LogP contribution is 2.49. The first-order valence-electron chi connectivity index (χ1n) is 10.5. The molecule has 4 nitrogen and oxygen atoms in total. The first kappa shape index (κ1) is 18.0. The van der Waals surface area contributed by atoms with E-state index in [1.807, 2.05) is 24.0 Å². The lowest BCUT2D eigenvalue weighted by Gasteiger charge is -2.33. The number of amidine groups is 1. The van der Waals surface area contributed by atoms with E-state index in [0.717, 1.165) is 17.9 Å². The van der Waals surface area contributed by atoms with E-state index in [1.54, 1.807) is 0 Å². The fourth-order valence-corrected chi connectivity index (χ4v) is 6.19. The fourth-order valence-electron chi connectivity index (χ4n) is 4.85. The van der Waals surface area contributed by atoms with Crippen molar-refractivity contribution in [2.45, 2.75) is 51.2 Å². The zero-order chi connectivity index (χ0) is 19.1. The van der Waals surface area contributed by atoms with Gasteiger partial charge in [0.25, 0.3) is 0 Å². The highest BCUT2D eigenvalue weighted by atomic mass is 32.2. The Morgan fingerprint density at radius 3 is 2.71 bits per heavy atom. The maximum atomic E-state index is 5.15. The Balaban J connectivity index is 1.55. The third-order valence-electron chi connectivity index (χ3n) is 6.37. The normalized spacial score (nSPS) is 26.6. The van der Waals surface area contributed by atoms with Crippen molar-refractivity contribution in [3.05, 3.63) is 59.4 Å². The molecule has 0 bridgehead atoms. The van der Waals surface area contributed by atoms with Gasteiger partial charge in [0.15, 0.2) is 5.17 Å². The number of fused-ring (bicyclic) bond motifs is 1. The summed E-state index contributed by atoms with van der Waals surface area (Å²) in [5.74, 6) is 1.14. The van der Waals surface area contributed by atoms with E-state index >= 15 is 0 Å². The van der Waals surface area contributed by atoms with Gasteiger partial charge in [0.05, 0.1) is 11.7 Å². The maximum Gasteiger partial charge on any atom is 0.160 e. The van der Waals surface area contributed by atoms with E-state index in [2.05, 4.69) is 59.0 Å². The predicted molar refractivity (Wildman–Crippen MR) is 118 cm³/mol. The van der Waals surface area contributed by atoms with Crippen molar-refractivity contribution >= 4 is 22.6 Å². The van der Waals surface area contributed by atoms with Gasteiger partial charge in [0, 0.05) is 36.8 Å². The largest absolute Gasteiger partial charge is 0.372 e. The van der Waals surface area contributed by atoms with Crippen LogP contribution in [0.15, 0.2) is 47.6 Å². The molecule has 28 heavy (non-hydrogen) atoms. The van der Waals surface area contributed by atoms with Crippen LogP contribution in [-0.4, -0.2) is 39.9 Å². The molecule has 0 radical (unpaired) electrons. The highest BCUT2D eigenvalue weighted by molar-refractivity contribution is 8.14. The summed E-state index contributed by atoms with van der Waals surface area (Å²) in [5.41, 5.74) is 5.22. The molecule has 0 saturated carbocycles. The third-order valence-corrected chi connectivity index (χ3v) is 7.50. The van der Waals surface area contributed by atoms with Gasteiger partial charge in [0.1, 0.15) is 6.04 Å². The molecule has 0 amide bonds. The van der Waals surface area contributed by atoms with Gasteiger partial charge < -0.3 is 9.80 Å². The summed E-state index contributed by atoms with van der Waals surface area (Å²) in [6, 6.07) is 14.1. The van der Waals surface area contributed by atoms with Crippen molar-refractivity contribution in [2.24, 2.45) is 4.99 Å². The minimum Gasteiger partial charge on any atom is -0.372 e. The Kier molecular flexibility index (Phi) is 4.79. The number of thioether (sulfide) groups is 1. The van der Waals surface area contributed by atoms with E-state index in [9.17, 15) is 0 Å². The van der Waals surface area contributed by atoms with Gasteiger partial charge in [-0.15, -0.1) is 0 Å². The molecule has 1 aromatic heterocycles. The average Bonchev–Trinajstić information content (AvgIpc) is 3.45. The van der Waals surface area contributed by atoms with Crippen LogP contribution in [0.3, 0.4) is 0 Å². The summed E-state index contributed by atoms with van der Waals surface area (Å²) in [4.78, 5) is 14.9. The Hall–Kier alpha value is -2.01. The van der Waals surface area contributed by atoms with Crippen LogP contribution in [0.1, 0.15) is 55.1 Å². The van der Waals surface area contributed by atoms with E-state index in [4.69, 9.17) is 4.99 Å². The monoisotopic (exact) mass is 392 g/mol. The van der Waals surface area contributed by atoms with Crippen LogP contribution in [-0.2, 0) is 0 Å². The molecule has 0 N–H and O–H groups in total. The number of hydrogen-bond donors (Lipinski definition) is 0. The van der Waals surface area contributed by atoms with Crippen LogP contribution in [0.25, 0.3) is 0 Å². The van der Waals surface area contributed by atoms with E-state index in [-0.39, 0.29) is 12.1 Å². The molecule has 0 spiro atoms. The zero-order valence-corrected chi connectivity index (χ0v) is 17.5. The number of nitrogens with zero attached hydrogens (tertiary/aromatic N) is 4. The lowest BCUT2D eigenvalue weighted by atomic mass is 9.91. The molecule has 2 fully saturated rings. The molecule has 0 aliphatic carbocycles. The summed E-state index contributed by atoms with van der Waals surface area (Å²) in [6.45, 7) is 6.94. The molecular formula is C23H28N4S. The summed E-state index contributed by atoms with van der Waals surface area (Å²) >= 11 is 1.91. The van der Waals surface area contributed by atoms with Gasteiger partial charge in [-0.05, 0) is 61.6 Å². The number of anilines is 1. The molecule has 5 heteroatoms. The van der Waals surface area contributed by atoms with Crippen molar-refractivity contribution in [2.75, 3.05) is 23.7 Å². The molecule has 5 rings (SSSR count). The number of aliphatic imine (C=N–C) groups is 1. The molecular weight excluding hydrogens is 364 g/mol. The Morgan fingerprint density at radius 1 is 1.14 bits per heavy atom. The predicted octanol–water partition coefficient (Wildman–Crippen LogP) is 4.97. The second kappa shape index (κ2) is 7.43. The quantitative estimate of drug-likeness (QED) is 0.735. The standard InChI is InChI=1S/C23H28N4S/c1-3-17-15-28-23-25-21(20-8-4-5-11-24-20)22(27(17)23)19-10-9-18(14-16(19)2)26-12-6-7-13-26/h4-5,8-11,14,17,21-22H,3,6-7,12-13,15H2,1-2H3/t17-,21-,22-/m1/s1. The van der Waals surface area contributed by atoms with E-state index in [1.165, 1.54) is 47.9 Å². The topological polar surface area (TPSA) is 31.7 Å². The zero-order valence-electron chi connectivity index (χ0n) is 16.7. The SMILES string of the molecule is CC[C@@H]1CSC2=N[C@H](c3ccccn3)[C@@H](c3ccc(N4CCCC4)cc3C)N21. The highest BCUT2D eigenvalue weighted by Gasteiger charge is 2.45.